The maximum Gasteiger partial charge on any atom is 0.0803 e. The van der Waals surface area contributed by atoms with Crippen molar-refractivity contribution in [1.29, 1.82) is 0 Å². The van der Waals surface area contributed by atoms with E-state index in [0.29, 0.717) is 0 Å². The number of benzene rings is 1. The fraction of sp³-hybridized carbons (Fsp3) is 0.724. The summed E-state index contributed by atoms with van der Waals surface area (Å²) < 4.78 is 0. The Morgan fingerprint density at radius 3 is 1.03 bits per heavy atom. The van der Waals surface area contributed by atoms with Crippen LogP contribution in [0, 0.1) is 0 Å². The summed E-state index contributed by atoms with van der Waals surface area (Å²) in [6.45, 7) is 36.6. The van der Waals surface area contributed by atoms with E-state index in [4.69, 9.17) is 0 Å². The quantitative estimate of drug-likeness (QED) is 0.321. The summed E-state index contributed by atoms with van der Waals surface area (Å²) in [7, 11) is -3.20. The molecule has 0 atom stereocenters. The minimum Gasteiger partial charge on any atom is -0.107 e. The van der Waals surface area contributed by atoms with Crippen LogP contribution in [0.25, 0.3) is 0 Å². The first kappa shape index (κ1) is 46.2. The highest BCUT2D eigenvalue weighted by molar-refractivity contribution is 6.89. The third-order valence-corrected chi connectivity index (χ3v) is 16.9. The van der Waals surface area contributed by atoms with Crippen molar-refractivity contribution in [2.75, 3.05) is 0 Å². The van der Waals surface area contributed by atoms with Gasteiger partial charge in [0.15, 0.2) is 0 Å². The zero-order valence-corrected chi connectivity index (χ0v) is 27.5. The standard InChI is InChI=1S/C10H16Si.C6H14Si.2C5H14Si.3CH4/c1-4-11(2,3)10-8-6-5-7-9-10;1-5-7(3,4)6-2;2*1-5-6(2,3)4;;;/h5-9H,4H2,1-3H3;5H,1,6H2,2-4H3;2*5H2,1-4H3;3*1H4. The van der Waals surface area contributed by atoms with Gasteiger partial charge < -0.3 is 0 Å². The molecular formula is C29H70Si4. The smallest absolute Gasteiger partial charge is 0.0803 e. The minimum atomic E-state index is -1.05. The Hall–Kier alpha value is -0.172. The molecule has 0 saturated carbocycles. The molecule has 1 rings (SSSR count). The zero-order valence-electron chi connectivity index (χ0n) is 23.5. The van der Waals surface area contributed by atoms with Crippen molar-refractivity contribution >= 4 is 37.5 Å². The molecule has 0 N–H and O–H groups in total. The molecule has 1 aromatic rings. The lowest BCUT2D eigenvalue weighted by Crippen LogP contribution is -2.39. The van der Waals surface area contributed by atoms with E-state index in [9.17, 15) is 0 Å². The number of hydrogen-bond acceptors (Lipinski definition) is 0. The second-order valence-corrected chi connectivity index (χ2v) is 33.8. The van der Waals surface area contributed by atoms with Crippen molar-refractivity contribution in [3.8, 4) is 0 Å². The van der Waals surface area contributed by atoms with Crippen LogP contribution in [0.5, 0.6) is 0 Å². The molecule has 0 saturated heterocycles. The minimum absolute atomic E-state index is 0. The van der Waals surface area contributed by atoms with Gasteiger partial charge in [-0.3, -0.25) is 0 Å². The first-order valence-electron chi connectivity index (χ1n) is 12.1. The molecule has 0 unspecified atom stereocenters. The number of hydrogen-bond donors (Lipinski definition) is 0. The molecule has 0 amide bonds. The molecule has 0 fully saturated rings. The summed E-state index contributed by atoms with van der Waals surface area (Å²) >= 11 is 0. The largest absolute Gasteiger partial charge is 0.107 e. The fourth-order valence-electron chi connectivity index (χ4n) is 1.24. The lowest BCUT2D eigenvalue weighted by molar-refractivity contribution is 1.36. The van der Waals surface area contributed by atoms with Crippen LogP contribution >= 0.6 is 0 Å². The van der Waals surface area contributed by atoms with E-state index in [2.05, 4.69) is 136 Å². The molecule has 0 bridgehead atoms. The van der Waals surface area contributed by atoms with Crippen LogP contribution in [0.1, 0.15) is 50.0 Å². The molecule has 0 nitrogen and oxygen atoms in total. The molecule has 0 aliphatic carbocycles. The Kier molecular flexibility index (Phi) is 31.2. The van der Waals surface area contributed by atoms with Gasteiger partial charge in [0, 0.05) is 16.1 Å². The van der Waals surface area contributed by atoms with E-state index in [1.54, 1.807) is 5.19 Å². The van der Waals surface area contributed by atoms with Crippen LogP contribution in [-0.2, 0) is 0 Å². The van der Waals surface area contributed by atoms with Gasteiger partial charge in [-0.05, 0) is 0 Å². The van der Waals surface area contributed by atoms with Crippen molar-refractivity contribution in [1.82, 2.24) is 0 Å². The van der Waals surface area contributed by atoms with Crippen molar-refractivity contribution in [2.45, 2.75) is 140 Å². The summed E-state index contributed by atoms with van der Waals surface area (Å²) in [5, 5.41) is 1.57. The van der Waals surface area contributed by atoms with Crippen molar-refractivity contribution in [3.05, 3.63) is 42.6 Å². The molecule has 0 aliphatic rings. The van der Waals surface area contributed by atoms with E-state index in [-0.39, 0.29) is 22.3 Å². The van der Waals surface area contributed by atoms with Crippen LogP contribution in [0.2, 0.25) is 89.6 Å². The SMILES string of the molecule is C.C.C.C=C[Si](C)(C)CC.CC[Si](C)(C)C.CC[Si](C)(C)C.CC[Si](C)(C)c1ccccc1. The van der Waals surface area contributed by atoms with Gasteiger partial charge >= 0.3 is 0 Å². The monoisotopic (exact) mass is 530 g/mol. The molecule has 202 valence electrons. The predicted molar refractivity (Wildman–Crippen MR) is 180 cm³/mol. The van der Waals surface area contributed by atoms with E-state index >= 15 is 0 Å². The Balaban J connectivity index is -0.0000000743. The van der Waals surface area contributed by atoms with Gasteiger partial charge in [-0.2, -0.15) is 0 Å². The Morgan fingerprint density at radius 2 is 0.879 bits per heavy atom. The van der Waals surface area contributed by atoms with Crippen molar-refractivity contribution < 1.29 is 0 Å². The average Bonchev–Trinajstić information content (AvgIpc) is 2.69. The van der Waals surface area contributed by atoms with E-state index < -0.39 is 32.3 Å². The topological polar surface area (TPSA) is 0 Å². The molecule has 0 aliphatic heterocycles. The van der Waals surface area contributed by atoms with Crippen LogP contribution in [0.15, 0.2) is 42.6 Å². The Labute approximate surface area is 219 Å². The fourth-order valence-corrected chi connectivity index (χ4v) is 3.03. The van der Waals surface area contributed by atoms with Gasteiger partial charge in [0.05, 0.1) is 16.1 Å². The third-order valence-electron chi connectivity index (χ3n) is 6.02. The molecule has 0 heterocycles. The van der Waals surface area contributed by atoms with Gasteiger partial charge in [0.2, 0.25) is 0 Å². The molecule has 4 heteroatoms. The second kappa shape index (κ2) is 22.3. The van der Waals surface area contributed by atoms with Gasteiger partial charge in [0.1, 0.15) is 0 Å². The van der Waals surface area contributed by atoms with Gasteiger partial charge in [-0.15, -0.1) is 12.3 Å². The molecule has 1 aromatic carbocycles. The average molecular weight is 531 g/mol. The number of rotatable bonds is 6. The van der Waals surface area contributed by atoms with Gasteiger partial charge in [-0.25, -0.2) is 0 Å². The summed E-state index contributed by atoms with van der Waals surface area (Å²) in [5.74, 6) is 0. The van der Waals surface area contributed by atoms with Crippen molar-refractivity contribution in [3.63, 3.8) is 0 Å². The van der Waals surface area contributed by atoms with Crippen molar-refractivity contribution in [2.24, 2.45) is 0 Å². The van der Waals surface area contributed by atoms with Gasteiger partial charge in [-0.1, -0.05) is 175 Å². The summed E-state index contributed by atoms with van der Waals surface area (Å²) in [6.07, 6.45) is 0. The first-order valence-corrected chi connectivity index (χ1v) is 26.0. The van der Waals surface area contributed by atoms with E-state index in [1.807, 2.05) is 0 Å². The van der Waals surface area contributed by atoms with Crippen LogP contribution in [0.3, 0.4) is 0 Å². The Bertz CT molecular complexity index is 507. The summed E-state index contributed by atoms with van der Waals surface area (Å²) in [6, 6.07) is 16.3. The first-order chi connectivity index (χ1) is 13.4. The van der Waals surface area contributed by atoms with E-state index in [1.165, 1.54) is 24.2 Å². The predicted octanol–water partition coefficient (Wildman–Crippen LogP) is 11.7. The van der Waals surface area contributed by atoms with Crippen LogP contribution in [0.4, 0.5) is 0 Å². The lowest BCUT2D eigenvalue weighted by atomic mass is 10.4. The molecule has 0 spiro atoms. The summed E-state index contributed by atoms with van der Waals surface area (Å²) in [5.41, 5.74) is 2.13. The second-order valence-electron chi connectivity index (χ2n) is 12.0. The van der Waals surface area contributed by atoms with Crippen LogP contribution in [-0.4, -0.2) is 32.3 Å². The molecule has 0 aromatic heterocycles. The van der Waals surface area contributed by atoms with Crippen LogP contribution < -0.4 is 5.19 Å². The zero-order chi connectivity index (χ0) is 24.6. The lowest BCUT2D eigenvalue weighted by Gasteiger charge is -2.20. The molecule has 0 radical (unpaired) electrons. The highest BCUT2D eigenvalue weighted by Crippen LogP contribution is 2.08. The molecular weight excluding hydrogens is 461 g/mol. The van der Waals surface area contributed by atoms with Gasteiger partial charge in [0.25, 0.3) is 0 Å². The maximum absolute atomic E-state index is 3.76. The molecule has 33 heavy (non-hydrogen) atoms. The normalized spacial score (nSPS) is 10.6. The summed E-state index contributed by atoms with van der Waals surface area (Å²) in [4.78, 5) is 0. The van der Waals surface area contributed by atoms with E-state index in [0.717, 1.165) is 0 Å². The highest BCUT2D eigenvalue weighted by atomic mass is 28.3. The Morgan fingerprint density at radius 1 is 0.576 bits per heavy atom. The highest BCUT2D eigenvalue weighted by Gasteiger charge is 2.19. The third kappa shape index (κ3) is 34.1. The maximum atomic E-state index is 3.76.